The summed E-state index contributed by atoms with van der Waals surface area (Å²) < 4.78 is 7.45. The number of aromatic nitrogens is 4. The Morgan fingerprint density at radius 3 is 2.81 bits per heavy atom. The molecule has 3 rings (SSSR count). The van der Waals surface area contributed by atoms with Crippen molar-refractivity contribution < 1.29 is 24.9 Å². The van der Waals surface area contributed by atoms with Gasteiger partial charge >= 0.3 is 159 Å². The van der Waals surface area contributed by atoms with Crippen LogP contribution < -0.4 is 11.5 Å². The number of aliphatic hydroxyl groups is 2. The molecule has 0 radical (unpaired) electrons. The van der Waals surface area contributed by atoms with E-state index in [-0.39, 0.29) is 5.82 Å². The molecule has 11 nitrogen and oxygen atoms in total. The van der Waals surface area contributed by atoms with Crippen molar-refractivity contribution in [3.63, 3.8) is 0 Å². The summed E-state index contributed by atoms with van der Waals surface area (Å²) in [6.45, 7) is 0. The van der Waals surface area contributed by atoms with E-state index >= 15 is 0 Å². The summed E-state index contributed by atoms with van der Waals surface area (Å²) in [6.07, 6.45) is -0.453. The van der Waals surface area contributed by atoms with Crippen LogP contribution in [0.3, 0.4) is 0 Å². The maximum atomic E-state index is 10.8. The summed E-state index contributed by atoms with van der Waals surface area (Å²) in [4.78, 5) is 23.0. The Balaban J connectivity index is 1.68. The average Bonchev–Trinajstić information content (AvgIpc) is 3.17. The molecule has 1 aliphatic heterocycles. The summed E-state index contributed by atoms with van der Waals surface area (Å²) in [6, 6.07) is -0.878. The van der Waals surface area contributed by atoms with Gasteiger partial charge in [-0.15, -0.1) is 0 Å². The number of carbonyl (C=O) groups is 1. The fraction of sp³-hybridized carbons (Fsp3) is 0.600. The molecule has 27 heavy (non-hydrogen) atoms. The number of aliphatic hydroxyl groups excluding tert-OH is 2. The van der Waals surface area contributed by atoms with Gasteiger partial charge in [0.1, 0.15) is 0 Å². The molecular weight excluding hydrogens is 423 g/mol. The molecule has 7 N–H and O–H groups in total. The number of carboxylic acids is 1. The first kappa shape index (κ1) is 19.9. The topological polar surface area (TPSA) is 183 Å². The molecule has 1 fully saturated rings. The number of nitrogens with zero attached hydrogens (tertiary/aromatic N) is 4. The number of nitrogens with two attached hydrogens (primary N) is 2. The van der Waals surface area contributed by atoms with Gasteiger partial charge in [0, 0.05) is 0 Å². The molecular formula is C15H24N6O5Se. The van der Waals surface area contributed by atoms with Crippen LogP contribution in [0.1, 0.15) is 12.6 Å². The second kappa shape index (κ2) is 8.05. The van der Waals surface area contributed by atoms with Crippen LogP contribution in [0.4, 0.5) is 5.82 Å². The molecule has 0 bridgehead atoms. The van der Waals surface area contributed by atoms with Gasteiger partial charge in [-0.05, 0) is 0 Å². The molecule has 0 aromatic carbocycles. The number of carboxylic acid groups (broad SMARTS) is 1. The Morgan fingerprint density at radius 1 is 1.37 bits per heavy atom. The van der Waals surface area contributed by atoms with Crippen molar-refractivity contribution in [2.75, 3.05) is 5.73 Å². The average molecular weight is 447 g/mol. The first-order chi connectivity index (χ1) is 12.8. The van der Waals surface area contributed by atoms with E-state index in [4.69, 9.17) is 21.3 Å². The van der Waals surface area contributed by atoms with Crippen LogP contribution in [0, 0.1) is 0 Å². The second-order valence-corrected chi connectivity index (χ2v) is 11.9. The third-order valence-electron chi connectivity index (χ3n) is 4.63. The van der Waals surface area contributed by atoms with Crippen molar-refractivity contribution in [2.45, 2.75) is 53.5 Å². The van der Waals surface area contributed by atoms with Crippen LogP contribution >= 0.6 is 0 Å². The summed E-state index contributed by atoms with van der Waals surface area (Å²) >= 11 is -1.46. The third kappa shape index (κ3) is 4.05. The predicted octanol–water partition coefficient (Wildman–Crippen LogP) is -1.31. The van der Waals surface area contributed by atoms with Crippen LogP contribution in [0.2, 0.25) is 16.5 Å². The van der Waals surface area contributed by atoms with E-state index in [1.807, 2.05) is 0 Å². The molecule has 6 unspecified atom stereocenters. The number of imidazole rings is 1. The van der Waals surface area contributed by atoms with E-state index in [1.54, 1.807) is 0 Å². The Bertz CT molecular complexity index is 819. The molecule has 1 aliphatic rings. The molecule has 12 heteroatoms. The fourth-order valence-corrected chi connectivity index (χ4v) is 6.86. The number of fused-ring (bicyclic) bond motifs is 1. The normalized spacial score (nSPS) is 28.4. The van der Waals surface area contributed by atoms with E-state index in [2.05, 4.69) is 20.8 Å². The van der Waals surface area contributed by atoms with Gasteiger partial charge < -0.3 is 0 Å². The van der Waals surface area contributed by atoms with E-state index in [9.17, 15) is 15.0 Å². The van der Waals surface area contributed by atoms with Crippen LogP contribution in [0.15, 0.2) is 12.7 Å². The first-order valence-corrected chi connectivity index (χ1v) is 12.9. The zero-order chi connectivity index (χ0) is 19.7. The van der Waals surface area contributed by atoms with Gasteiger partial charge in [0.25, 0.3) is 0 Å². The van der Waals surface area contributed by atoms with Gasteiger partial charge in [0.15, 0.2) is 0 Å². The number of aliphatic carboxylic acids is 1. The van der Waals surface area contributed by atoms with E-state index in [0.717, 1.165) is 0 Å². The second-order valence-electron chi connectivity index (χ2n) is 6.62. The molecule has 1 saturated heterocycles. The van der Waals surface area contributed by atoms with Crippen molar-refractivity contribution in [3.8, 4) is 0 Å². The van der Waals surface area contributed by atoms with Gasteiger partial charge in [-0.3, -0.25) is 0 Å². The predicted molar refractivity (Wildman–Crippen MR) is 98.5 cm³/mol. The van der Waals surface area contributed by atoms with Gasteiger partial charge in [-0.25, -0.2) is 0 Å². The number of ether oxygens (including phenoxy) is 1. The summed E-state index contributed by atoms with van der Waals surface area (Å²) in [5, 5.41) is 31.0. The third-order valence-corrected chi connectivity index (χ3v) is 8.84. The molecule has 2 aromatic rings. The summed E-state index contributed by atoms with van der Waals surface area (Å²) in [5.74, 6) is 1.27. The zero-order valence-corrected chi connectivity index (χ0v) is 16.6. The number of nitrogen functional groups attached to an aromatic ring is 1. The summed E-state index contributed by atoms with van der Waals surface area (Å²) in [7, 11) is 0. The minimum absolute atomic E-state index is 0.222. The Kier molecular flexibility index (Phi) is 5.94. The Hall–Kier alpha value is -1.82. The zero-order valence-electron chi connectivity index (χ0n) is 14.7. The quantitative estimate of drug-likeness (QED) is 0.319. The van der Waals surface area contributed by atoms with Crippen molar-refractivity contribution in [2.24, 2.45) is 5.73 Å². The first-order valence-electron chi connectivity index (χ1n) is 8.41. The van der Waals surface area contributed by atoms with Crippen LogP contribution in [-0.4, -0.2) is 79.1 Å². The summed E-state index contributed by atoms with van der Waals surface area (Å²) in [5.41, 5.74) is 12.1. The van der Waals surface area contributed by atoms with Gasteiger partial charge in [-0.2, -0.15) is 0 Å². The molecule has 0 amide bonds. The molecule has 3 heterocycles. The fourth-order valence-electron chi connectivity index (χ4n) is 3.05. The van der Waals surface area contributed by atoms with Gasteiger partial charge in [0.05, 0.1) is 0 Å². The molecule has 150 valence electrons. The standard InChI is InChI=1S/C15H24N6O5Se/c1-27(3-2-7(16)15(24)25)4-8-10(22)11(23)14(26-8)21-6-20-9-12(17)18-5-19-13(9)21/h5-8,10-11,14,22-23,27H,2-4,16H2,1H3,(H,24,25)(H2,17,18,19). The maximum absolute atomic E-state index is 10.8. The Morgan fingerprint density at radius 2 is 2.11 bits per heavy atom. The van der Waals surface area contributed by atoms with E-state index < -0.39 is 50.5 Å². The van der Waals surface area contributed by atoms with Gasteiger partial charge in [-0.1, -0.05) is 0 Å². The number of rotatable bonds is 7. The molecule has 2 aromatic heterocycles. The van der Waals surface area contributed by atoms with Crippen molar-refractivity contribution >= 4 is 36.9 Å². The molecule has 0 aliphatic carbocycles. The number of hydrogen-bond donors (Lipinski definition) is 5. The van der Waals surface area contributed by atoms with Crippen molar-refractivity contribution in [3.05, 3.63) is 12.7 Å². The van der Waals surface area contributed by atoms with Crippen LogP contribution in [0.5, 0.6) is 0 Å². The SMILES string of the molecule is C[SeH](CCC(N)C(=O)O)CC1OC(n2cnc3c(N)ncnc32)C(O)C1O. The Labute approximate surface area is 159 Å². The van der Waals surface area contributed by atoms with Crippen molar-refractivity contribution in [1.82, 2.24) is 19.5 Å². The molecule has 0 saturated carbocycles. The van der Waals surface area contributed by atoms with Crippen LogP contribution in [-0.2, 0) is 9.53 Å². The number of anilines is 1. The minimum atomic E-state index is -1.46. The number of hydrogen-bond acceptors (Lipinski definition) is 9. The molecule has 6 atom stereocenters. The van der Waals surface area contributed by atoms with E-state index in [1.165, 1.54) is 17.2 Å². The van der Waals surface area contributed by atoms with Gasteiger partial charge in [0.2, 0.25) is 0 Å². The van der Waals surface area contributed by atoms with Crippen LogP contribution in [0.25, 0.3) is 11.2 Å². The monoisotopic (exact) mass is 448 g/mol. The van der Waals surface area contributed by atoms with E-state index in [0.29, 0.717) is 28.2 Å². The van der Waals surface area contributed by atoms with Crippen molar-refractivity contribution in [1.29, 1.82) is 0 Å². The molecule has 0 spiro atoms.